The van der Waals surface area contributed by atoms with Crippen LogP contribution in [0.25, 0.3) is 0 Å². The van der Waals surface area contributed by atoms with Gasteiger partial charge in [-0.1, -0.05) is 32.0 Å². The highest BCUT2D eigenvalue weighted by Gasteiger charge is 2.09. The number of rotatable bonds is 6. The molecule has 0 atom stereocenters. The monoisotopic (exact) mass is 352 g/mol. The van der Waals surface area contributed by atoms with Crippen molar-refractivity contribution in [2.45, 2.75) is 26.2 Å². The lowest BCUT2D eigenvalue weighted by atomic mass is 10.0. The minimum absolute atomic E-state index is 0.0769. The number of hydrogen-bond acceptors (Lipinski definition) is 5. The fourth-order valence-corrected chi connectivity index (χ4v) is 3.03. The van der Waals surface area contributed by atoms with Crippen molar-refractivity contribution in [3.8, 4) is 0 Å². The minimum Gasteiger partial charge on any atom is -0.326 e. The van der Waals surface area contributed by atoms with E-state index in [0.717, 1.165) is 22.3 Å². The molecule has 6 heteroatoms. The Balaban J connectivity index is 1.56. The highest BCUT2D eigenvalue weighted by molar-refractivity contribution is 7.13. The minimum atomic E-state index is -0.0769. The lowest BCUT2D eigenvalue weighted by Gasteiger charge is -2.08. The van der Waals surface area contributed by atoms with Gasteiger partial charge < -0.3 is 10.6 Å². The van der Waals surface area contributed by atoms with E-state index in [-0.39, 0.29) is 12.3 Å². The summed E-state index contributed by atoms with van der Waals surface area (Å²) in [5, 5.41) is 8.64. The SMILES string of the molecule is CC(C)c1ccc(NC(=O)Cc2csc(Nc3ccccn3)n2)cc1. The first-order valence-corrected chi connectivity index (χ1v) is 9.00. The zero-order valence-corrected chi connectivity index (χ0v) is 15.0. The van der Waals surface area contributed by atoms with Gasteiger partial charge in [0.1, 0.15) is 5.82 Å². The highest BCUT2D eigenvalue weighted by atomic mass is 32.1. The zero-order chi connectivity index (χ0) is 17.6. The van der Waals surface area contributed by atoms with E-state index in [0.29, 0.717) is 5.92 Å². The smallest absolute Gasteiger partial charge is 0.230 e. The van der Waals surface area contributed by atoms with Crippen molar-refractivity contribution in [2.75, 3.05) is 10.6 Å². The van der Waals surface area contributed by atoms with Gasteiger partial charge in [0, 0.05) is 17.3 Å². The Bertz CT molecular complexity index is 828. The van der Waals surface area contributed by atoms with Crippen LogP contribution >= 0.6 is 11.3 Å². The number of benzene rings is 1. The van der Waals surface area contributed by atoms with Crippen LogP contribution in [0.4, 0.5) is 16.6 Å². The van der Waals surface area contributed by atoms with Gasteiger partial charge in [0.2, 0.25) is 5.91 Å². The molecule has 2 aromatic heterocycles. The average molecular weight is 352 g/mol. The molecule has 1 amide bonds. The number of pyridine rings is 1. The number of carbonyl (C=O) groups excluding carboxylic acids is 1. The van der Waals surface area contributed by atoms with Crippen LogP contribution in [0.2, 0.25) is 0 Å². The third kappa shape index (κ3) is 4.87. The highest BCUT2D eigenvalue weighted by Crippen LogP contribution is 2.20. The molecule has 0 bridgehead atoms. The number of carbonyl (C=O) groups is 1. The summed E-state index contributed by atoms with van der Waals surface area (Å²) in [5.41, 5.74) is 2.79. The van der Waals surface area contributed by atoms with Crippen LogP contribution in [0.1, 0.15) is 31.0 Å². The molecule has 3 aromatic rings. The van der Waals surface area contributed by atoms with Gasteiger partial charge in [-0.2, -0.15) is 0 Å². The lowest BCUT2D eigenvalue weighted by molar-refractivity contribution is -0.115. The predicted octanol–water partition coefficient (Wildman–Crippen LogP) is 4.59. The first kappa shape index (κ1) is 17.1. The van der Waals surface area contributed by atoms with Crippen LogP contribution in [-0.4, -0.2) is 15.9 Å². The topological polar surface area (TPSA) is 66.9 Å². The quantitative estimate of drug-likeness (QED) is 0.681. The van der Waals surface area contributed by atoms with Crippen molar-refractivity contribution >= 4 is 33.9 Å². The summed E-state index contributed by atoms with van der Waals surface area (Å²) < 4.78 is 0. The summed E-state index contributed by atoms with van der Waals surface area (Å²) in [7, 11) is 0. The molecule has 2 N–H and O–H groups in total. The summed E-state index contributed by atoms with van der Waals surface area (Å²) in [6.07, 6.45) is 1.96. The molecular weight excluding hydrogens is 332 g/mol. The van der Waals surface area contributed by atoms with Crippen molar-refractivity contribution in [3.05, 3.63) is 65.3 Å². The van der Waals surface area contributed by atoms with Gasteiger partial charge in [0.05, 0.1) is 12.1 Å². The number of amides is 1. The van der Waals surface area contributed by atoms with E-state index in [1.165, 1.54) is 16.9 Å². The van der Waals surface area contributed by atoms with E-state index < -0.39 is 0 Å². The Morgan fingerprint density at radius 2 is 1.96 bits per heavy atom. The molecule has 3 rings (SSSR count). The van der Waals surface area contributed by atoms with Crippen molar-refractivity contribution in [3.63, 3.8) is 0 Å². The second kappa shape index (κ2) is 7.90. The van der Waals surface area contributed by atoms with Crippen LogP contribution in [-0.2, 0) is 11.2 Å². The number of hydrogen-bond donors (Lipinski definition) is 2. The molecular formula is C19H20N4OS. The lowest BCUT2D eigenvalue weighted by Crippen LogP contribution is -2.14. The van der Waals surface area contributed by atoms with Crippen LogP contribution in [0.3, 0.4) is 0 Å². The largest absolute Gasteiger partial charge is 0.326 e. The van der Waals surface area contributed by atoms with Gasteiger partial charge in [-0.3, -0.25) is 4.79 Å². The van der Waals surface area contributed by atoms with Crippen molar-refractivity contribution in [2.24, 2.45) is 0 Å². The standard InChI is InChI=1S/C19H20N4OS/c1-13(2)14-6-8-15(9-7-14)21-18(24)11-16-12-25-19(22-16)23-17-5-3-4-10-20-17/h3-10,12-13H,11H2,1-2H3,(H,21,24)(H,20,22,23). The number of nitrogens with zero attached hydrogens (tertiary/aromatic N) is 2. The Morgan fingerprint density at radius 3 is 2.64 bits per heavy atom. The molecule has 0 aliphatic carbocycles. The summed E-state index contributed by atoms with van der Waals surface area (Å²) in [5.74, 6) is 1.13. The van der Waals surface area contributed by atoms with Crippen LogP contribution < -0.4 is 10.6 Å². The summed E-state index contributed by atoms with van der Waals surface area (Å²) >= 11 is 1.46. The molecule has 0 fully saturated rings. The van der Waals surface area contributed by atoms with Crippen molar-refractivity contribution in [1.29, 1.82) is 0 Å². The van der Waals surface area contributed by atoms with Crippen LogP contribution in [0.5, 0.6) is 0 Å². The number of nitrogens with one attached hydrogen (secondary N) is 2. The van der Waals surface area contributed by atoms with Crippen molar-refractivity contribution in [1.82, 2.24) is 9.97 Å². The second-order valence-corrected chi connectivity index (χ2v) is 6.84. The van der Waals surface area contributed by atoms with E-state index in [2.05, 4.69) is 34.4 Å². The fourth-order valence-electron chi connectivity index (χ4n) is 2.31. The number of anilines is 3. The second-order valence-electron chi connectivity index (χ2n) is 5.99. The molecule has 25 heavy (non-hydrogen) atoms. The molecule has 0 saturated carbocycles. The summed E-state index contributed by atoms with van der Waals surface area (Å²) in [6, 6.07) is 13.6. The maximum Gasteiger partial charge on any atom is 0.230 e. The van der Waals surface area contributed by atoms with Gasteiger partial charge >= 0.3 is 0 Å². The molecule has 128 valence electrons. The number of thiazole rings is 1. The molecule has 0 aliphatic rings. The van der Waals surface area contributed by atoms with E-state index in [1.54, 1.807) is 6.20 Å². The number of aromatic nitrogens is 2. The first-order chi connectivity index (χ1) is 12.1. The Kier molecular flexibility index (Phi) is 5.40. The predicted molar refractivity (Wildman–Crippen MR) is 102 cm³/mol. The van der Waals surface area contributed by atoms with E-state index in [1.807, 2.05) is 47.8 Å². The van der Waals surface area contributed by atoms with Gasteiger partial charge in [0.25, 0.3) is 0 Å². The molecule has 0 saturated heterocycles. The molecule has 2 heterocycles. The molecule has 5 nitrogen and oxygen atoms in total. The average Bonchev–Trinajstić information content (AvgIpc) is 3.03. The molecule has 0 radical (unpaired) electrons. The maximum absolute atomic E-state index is 12.2. The Morgan fingerprint density at radius 1 is 1.16 bits per heavy atom. The Labute approximate surface area is 151 Å². The molecule has 0 spiro atoms. The fraction of sp³-hybridized carbons (Fsp3) is 0.211. The van der Waals surface area contributed by atoms with Crippen LogP contribution in [0, 0.1) is 0 Å². The van der Waals surface area contributed by atoms with E-state index in [9.17, 15) is 4.79 Å². The van der Waals surface area contributed by atoms with E-state index >= 15 is 0 Å². The maximum atomic E-state index is 12.2. The molecule has 1 aromatic carbocycles. The third-order valence-electron chi connectivity index (χ3n) is 3.65. The van der Waals surface area contributed by atoms with Crippen LogP contribution in [0.15, 0.2) is 54.0 Å². The van der Waals surface area contributed by atoms with E-state index in [4.69, 9.17) is 0 Å². The summed E-state index contributed by atoms with van der Waals surface area (Å²) in [4.78, 5) is 20.8. The normalized spacial score (nSPS) is 10.7. The van der Waals surface area contributed by atoms with Gasteiger partial charge in [-0.05, 0) is 35.7 Å². The first-order valence-electron chi connectivity index (χ1n) is 8.12. The summed E-state index contributed by atoms with van der Waals surface area (Å²) in [6.45, 7) is 4.29. The molecule has 0 unspecified atom stereocenters. The van der Waals surface area contributed by atoms with Gasteiger partial charge in [0.15, 0.2) is 5.13 Å². The van der Waals surface area contributed by atoms with Gasteiger partial charge in [-0.15, -0.1) is 11.3 Å². The Hall–Kier alpha value is -2.73. The molecule has 0 aliphatic heterocycles. The third-order valence-corrected chi connectivity index (χ3v) is 4.46. The zero-order valence-electron chi connectivity index (χ0n) is 14.2. The van der Waals surface area contributed by atoms with Crippen molar-refractivity contribution < 1.29 is 4.79 Å². The van der Waals surface area contributed by atoms with Gasteiger partial charge in [-0.25, -0.2) is 9.97 Å².